The fourth-order valence-electron chi connectivity index (χ4n) is 2.74. The third kappa shape index (κ3) is 5.88. The Kier molecular flexibility index (Phi) is 6.48. The summed E-state index contributed by atoms with van der Waals surface area (Å²) in [5.74, 6) is 0.409. The summed E-state index contributed by atoms with van der Waals surface area (Å²) in [5, 5.41) is 14.6. The molecular weight excluding hydrogens is 384 g/mol. The van der Waals surface area contributed by atoms with Crippen molar-refractivity contribution >= 4 is 40.4 Å². The van der Waals surface area contributed by atoms with E-state index in [1.807, 2.05) is 0 Å². The first-order valence-corrected chi connectivity index (χ1v) is 9.56. The van der Waals surface area contributed by atoms with Gasteiger partial charge in [0.25, 0.3) is 0 Å². The van der Waals surface area contributed by atoms with Crippen molar-refractivity contribution in [1.29, 1.82) is 0 Å². The fraction of sp³-hybridized carbons (Fsp3) is 0.556. The maximum absolute atomic E-state index is 12.1. The van der Waals surface area contributed by atoms with E-state index in [2.05, 4.69) is 30.7 Å². The van der Waals surface area contributed by atoms with E-state index < -0.39 is 11.7 Å². The molecular formula is C18H25ClN6O3. The van der Waals surface area contributed by atoms with E-state index in [1.165, 1.54) is 0 Å². The average molecular weight is 409 g/mol. The van der Waals surface area contributed by atoms with Crippen molar-refractivity contribution in [2.24, 2.45) is 0 Å². The summed E-state index contributed by atoms with van der Waals surface area (Å²) in [4.78, 5) is 18.8. The minimum absolute atomic E-state index is 0.400. The normalized spacial score (nSPS) is 15.4. The Morgan fingerprint density at radius 2 is 2.04 bits per heavy atom. The molecule has 2 N–H and O–H groups in total. The zero-order valence-corrected chi connectivity index (χ0v) is 17.0. The fourth-order valence-corrected chi connectivity index (χ4v) is 2.96. The van der Waals surface area contributed by atoms with Gasteiger partial charge in [-0.3, -0.25) is 10.2 Å². The van der Waals surface area contributed by atoms with Gasteiger partial charge in [0.15, 0.2) is 0 Å². The number of benzene rings is 1. The number of anilines is 2. The second-order valence-electron chi connectivity index (χ2n) is 7.46. The molecule has 152 valence electrons. The quantitative estimate of drug-likeness (QED) is 0.778. The Morgan fingerprint density at radius 3 is 2.75 bits per heavy atom. The molecule has 0 aliphatic carbocycles. The van der Waals surface area contributed by atoms with Crippen LogP contribution in [0.15, 0.2) is 12.1 Å². The van der Waals surface area contributed by atoms with Gasteiger partial charge in [-0.15, -0.1) is 10.2 Å². The highest BCUT2D eigenvalue weighted by Crippen LogP contribution is 2.26. The second-order valence-corrected chi connectivity index (χ2v) is 7.90. The highest BCUT2D eigenvalue weighted by molar-refractivity contribution is 6.31. The Labute approximate surface area is 168 Å². The van der Waals surface area contributed by atoms with Crippen LogP contribution in [-0.2, 0) is 9.47 Å². The van der Waals surface area contributed by atoms with Crippen LogP contribution in [0, 0.1) is 0 Å². The van der Waals surface area contributed by atoms with Gasteiger partial charge < -0.3 is 14.8 Å². The third-order valence-corrected chi connectivity index (χ3v) is 4.19. The van der Waals surface area contributed by atoms with E-state index in [9.17, 15) is 4.79 Å². The summed E-state index contributed by atoms with van der Waals surface area (Å²) in [6.07, 6.45) is -0.592. The van der Waals surface area contributed by atoms with Crippen molar-refractivity contribution in [2.75, 3.05) is 50.0 Å². The Bertz CT molecular complexity index is 836. The van der Waals surface area contributed by atoms with Crippen molar-refractivity contribution in [3.8, 4) is 0 Å². The number of nitrogens with zero attached hydrogens (tertiary/aromatic N) is 4. The van der Waals surface area contributed by atoms with E-state index >= 15 is 0 Å². The molecule has 0 spiro atoms. The minimum Gasteiger partial charge on any atom is -0.444 e. The molecule has 0 bridgehead atoms. The molecule has 28 heavy (non-hydrogen) atoms. The third-order valence-electron chi connectivity index (χ3n) is 3.98. The van der Waals surface area contributed by atoms with Crippen molar-refractivity contribution in [2.45, 2.75) is 26.4 Å². The van der Waals surface area contributed by atoms with Crippen LogP contribution in [0.1, 0.15) is 20.8 Å². The summed E-state index contributed by atoms with van der Waals surface area (Å²) in [6, 6.07) is 3.27. The Balaban J connectivity index is 1.68. The Morgan fingerprint density at radius 1 is 1.29 bits per heavy atom. The molecule has 1 aliphatic heterocycles. The summed E-state index contributed by atoms with van der Waals surface area (Å²) >= 11 is 6.18. The first kappa shape index (κ1) is 20.5. The number of morpholine rings is 1. The molecule has 2 heterocycles. The van der Waals surface area contributed by atoms with E-state index in [1.54, 1.807) is 32.9 Å². The summed E-state index contributed by atoms with van der Waals surface area (Å²) in [5.41, 5.74) is 0.757. The van der Waals surface area contributed by atoms with Crippen molar-refractivity contribution in [3.05, 3.63) is 17.2 Å². The van der Waals surface area contributed by atoms with Crippen LogP contribution in [0.4, 0.5) is 16.4 Å². The lowest BCUT2D eigenvalue weighted by Gasteiger charge is -2.26. The van der Waals surface area contributed by atoms with Crippen molar-refractivity contribution < 1.29 is 14.3 Å². The van der Waals surface area contributed by atoms with Gasteiger partial charge >= 0.3 is 6.09 Å². The van der Waals surface area contributed by atoms with Crippen LogP contribution in [0.2, 0.25) is 5.02 Å². The topological polar surface area (TPSA) is 102 Å². The number of carbonyl (C=O) groups excluding carboxylic acids is 1. The van der Waals surface area contributed by atoms with Gasteiger partial charge in [0.05, 0.1) is 24.4 Å². The first-order valence-electron chi connectivity index (χ1n) is 9.18. The molecule has 0 atom stereocenters. The standard InChI is InChI=1S/C18H25ClN6O3/c1-18(2,3)28-17(26)22-14-11-12(19)10-13-15(14)23-24-16(21-13)20-4-5-25-6-8-27-9-7-25/h10-11H,4-9H2,1-3H3,(H,22,26)(H,20,21,24). The van der Waals surface area contributed by atoms with Gasteiger partial charge in [0.1, 0.15) is 11.1 Å². The highest BCUT2D eigenvalue weighted by atomic mass is 35.5. The van der Waals surface area contributed by atoms with Crippen LogP contribution in [0.5, 0.6) is 0 Å². The zero-order valence-electron chi connectivity index (χ0n) is 16.3. The van der Waals surface area contributed by atoms with Crippen molar-refractivity contribution in [3.63, 3.8) is 0 Å². The molecule has 0 saturated carbocycles. The lowest BCUT2D eigenvalue weighted by molar-refractivity contribution is 0.0398. The monoisotopic (exact) mass is 408 g/mol. The number of hydrogen-bond donors (Lipinski definition) is 2. The molecule has 1 saturated heterocycles. The number of amides is 1. The molecule has 10 heteroatoms. The van der Waals surface area contributed by atoms with E-state index in [0.717, 1.165) is 32.8 Å². The number of aromatic nitrogens is 3. The molecule has 0 radical (unpaired) electrons. The summed E-state index contributed by atoms with van der Waals surface area (Å²) in [7, 11) is 0. The number of halogens is 1. The molecule has 1 fully saturated rings. The van der Waals surface area contributed by atoms with Gasteiger partial charge in [0, 0.05) is 31.2 Å². The molecule has 1 aromatic heterocycles. The number of nitrogens with one attached hydrogen (secondary N) is 2. The largest absolute Gasteiger partial charge is 0.444 e. The molecule has 1 amide bonds. The van der Waals surface area contributed by atoms with Gasteiger partial charge in [0.2, 0.25) is 5.95 Å². The van der Waals surface area contributed by atoms with Gasteiger partial charge in [-0.2, -0.15) is 0 Å². The van der Waals surface area contributed by atoms with Crippen LogP contribution in [-0.4, -0.2) is 71.2 Å². The number of ether oxygens (including phenoxy) is 2. The lowest BCUT2D eigenvalue weighted by Crippen LogP contribution is -2.39. The van der Waals surface area contributed by atoms with Crippen LogP contribution >= 0.6 is 11.6 Å². The maximum Gasteiger partial charge on any atom is 0.412 e. The second kappa shape index (κ2) is 8.85. The SMILES string of the molecule is CC(C)(C)OC(=O)Nc1cc(Cl)cc2nc(NCCN3CCOCC3)nnc12. The number of rotatable bonds is 5. The first-order chi connectivity index (χ1) is 13.3. The van der Waals surface area contributed by atoms with Gasteiger partial charge in [-0.05, 0) is 32.9 Å². The smallest absolute Gasteiger partial charge is 0.412 e. The van der Waals surface area contributed by atoms with E-state index in [-0.39, 0.29) is 0 Å². The predicted molar refractivity (Wildman–Crippen MR) is 108 cm³/mol. The molecule has 2 aromatic rings. The van der Waals surface area contributed by atoms with Crippen LogP contribution in [0.3, 0.4) is 0 Å². The predicted octanol–water partition coefficient (Wildman–Crippen LogP) is 2.77. The molecule has 0 unspecified atom stereocenters. The number of hydrogen-bond acceptors (Lipinski definition) is 8. The number of carbonyl (C=O) groups is 1. The average Bonchev–Trinajstić information content (AvgIpc) is 2.60. The maximum atomic E-state index is 12.1. The van der Waals surface area contributed by atoms with Gasteiger partial charge in [-0.25, -0.2) is 9.78 Å². The van der Waals surface area contributed by atoms with E-state index in [4.69, 9.17) is 21.1 Å². The molecule has 3 rings (SSSR count). The van der Waals surface area contributed by atoms with Gasteiger partial charge in [-0.1, -0.05) is 11.6 Å². The van der Waals surface area contributed by atoms with Crippen LogP contribution < -0.4 is 10.6 Å². The zero-order chi connectivity index (χ0) is 20.1. The number of fused-ring (bicyclic) bond motifs is 1. The molecule has 1 aromatic carbocycles. The summed E-state index contributed by atoms with van der Waals surface area (Å²) in [6.45, 7) is 10.3. The molecule has 1 aliphatic rings. The van der Waals surface area contributed by atoms with Crippen LogP contribution in [0.25, 0.3) is 11.0 Å². The Hall–Kier alpha value is -2.23. The molecule has 9 nitrogen and oxygen atoms in total. The highest BCUT2D eigenvalue weighted by Gasteiger charge is 2.18. The lowest BCUT2D eigenvalue weighted by atomic mass is 10.2. The minimum atomic E-state index is -0.611. The summed E-state index contributed by atoms with van der Waals surface area (Å²) < 4.78 is 10.6. The van der Waals surface area contributed by atoms with E-state index in [0.29, 0.717) is 34.2 Å². The van der Waals surface area contributed by atoms with Crippen molar-refractivity contribution in [1.82, 2.24) is 20.1 Å².